The molecule has 0 saturated heterocycles. The first-order valence-electron chi connectivity index (χ1n) is 5.93. The highest BCUT2D eigenvalue weighted by Crippen LogP contribution is 2.37. The Hall–Kier alpha value is -0.310. The third-order valence-electron chi connectivity index (χ3n) is 3.11. The molecule has 3 heteroatoms. The summed E-state index contributed by atoms with van der Waals surface area (Å²) in [4.78, 5) is 2.52. The Balaban J connectivity index is 2.18. The van der Waals surface area contributed by atoms with Gasteiger partial charge in [0, 0.05) is 14.2 Å². The first kappa shape index (κ1) is 14.1. The highest BCUT2D eigenvalue weighted by Gasteiger charge is 2.15. The zero-order valence-corrected chi connectivity index (χ0v) is 13.9. The number of hydrogen-bond donors (Lipinski definition) is 0. The summed E-state index contributed by atoms with van der Waals surface area (Å²) in [5.41, 5.74) is 3.96. The van der Waals surface area contributed by atoms with Crippen molar-refractivity contribution in [3.05, 3.63) is 55.2 Å². The maximum atomic E-state index is 6.53. The van der Waals surface area contributed by atoms with Crippen LogP contribution >= 0.6 is 38.9 Å². The lowest BCUT2D eigenvalue weighted by molar-refractivity contribution is 0.932. The number of aryl methyl sites for hydroxylation is 3. The maximum absolute atomic E-state index is 6.53. The smallest absolute Gasteiger partial charge is 0.0730 e. The van der Waals surface area contributed by atoms with Crippen molar-refractivity contribution in [2.24, 2.45) is 0 Å². The molecule has 2 aromatic rings. The molecule has 0 radical (unpaired) electrons. The van der Waals surface area contributed by atoms with Gasteiger partial charge in [-0.15, -0.1) is 22.9 Å². The molecule has 0 amide bonds. The summed E-state index contributed by atoms with van der Waals surface area (Å²) < 4.78 is 1.13. The van der Waals surface area contributed by atoms with Gasteiger partial charge in [0.15, 0.2) is 0 Å². The van der Waals surface area contributed by atoms with Crippen LogP contribution in [0.2, 0.25) is 0 Å². The van der Waals surface area contributed by atoms with Crippen LogP contribution in [-0.2, 0) is 6.42 Å². The lowest BCUT2D eigenvalue weighted by Gasteiger charge is -2.10. The molecule has 1 heterocycles. The number of thiophene rings is 1. The van der Waals surface area contributed by atoms with Gasteiger partial charge in [0.05, 0.1) is 5.38 Å². The summed E-state index contributed by atoms with van der Waals surface area (Å²) in [5, 5.41) is 0.0418. The number of halogens is 2. The van der Waals surface area contributed by atoms with Gasteiger partial charge in [-0.1, -0.05) is 18.2 Å². The van der Waals surface area contributed by atoms with Crippen LogP contribution in [0.1, 0.15) is 31.8 Å². The molecule has 0 saturated carbocycles. The molecule has 1 aromatic heterocycles. The number of rotatable bonds is 3. The van der Waals surface area contributed by atoms with Crippen LogP contribution < -0.4 is 0 Å². The van der Waals surface area contributed by atoms with Crippen LogP contribution in [0.4, 0.5) is 0 Å². The molecule has 0 nitrogen and oxygen atoms in total. The summed E-state index contributed by atoms with van der Waals surface area (Å²) in [6, 6.07) is 8.71. The quantitative estimate of drug-likeness (QED) is 0.603. The van der Waals surface area contributed by atoms with Gasteiger partial charge >= 0.3 is 0 Å². The van der Waals surface area contributed by atoms with Gasteiger partial charge in [0.25, 0.3) is 0 Å². The van der Waals surface area contributed by atoms with Crippen molar-refractivity contribution < 1.29 is 0 Å². The Morgan fingerprint density at radius 1 is 1.17 bits per heavy atom. The predicted molar refractivity (Wildman–Crippen MR) is 85.0 cm³/mol. The van der Waals surface area contributed by atoms with E-state index in [2.05, 4.69) is 61.0 Å². The summed E-state index contributed by atoms with van der Waals surface area (Å²) in [7, 11) is 0. The van der Waals surface area contributed by atoms with E-state index in [0.29, 0.717) is 0 Å². The average Bonchev–Trinajstić information content (AvgIpc) is 2.63. The van der Waals surface area contributed by atoms with E-state index in [4.69, 9.17) is 11.6 Å². The predicted octanol–water partition coefficient (Wildman–Crippen LogP) is 5.96. The molecule has 0 spiro atoms. The van der Waals surface area contributed by atoms with Gasteiger partial charge in [-0.25, -0.2) is 0 Å². The van der Waals surface area contributed by atoms with E-state index in [1.807, 2.05) is 0 Å². The molecule has 0 bridgehead atoms. The Kier molecular flexibility index (Phi) is 4.52. The van der Waals surface area contributed by atoms with E-state index in [1.54, 1.807) is 11.3 Å². The molecule has 1 aromatic carbocycles. The van der Waals surface area contributed by atoms with E-state index in [9.17, 15) is 0 Å². The van der Waals surface area contributed by atoms with Gasteiger partial charge in [0.2, 0.25) is 0 Å². The minimum Gasteiger partial charge on any atom is -0.143 e. The van der Waals surface area contributed by atoms with E-state index in [0.717, 1.165) is 10.9 Å². The standard InChI is InChI=1S/C15H16BrClS/c1-9-4-5-12(6-10(9)2)8-14(17)15-13(16)7-11(3)18-15/h4-7,14H,8H2,1-3H3. The van der Waals surface area contributed by atoms with Crippen molar-refractivity contribution in [2.75, 3.05) is 0 Å². The fourth-order valence-electron chi connectivity index (χ4n) is 1.94. The summed E-state index contributed by atoms with van der Waals surface area (Å²) in [5.74, 6) is 0. The molecule has 0 aliphatic heterocycles. The largest absolute Gasteiger partial charge is 0.143 e. The van der Waals surface area contributed by atoms with Crippen LogP contribution in [0, 0.1) is 20.8 Å². The van der Waals surface area contributed by atoms with Gasteiger partial charge in [-0.05, 0) is 65.9 Å². The van der Waals surface area contributed by atoms with Crippen molar-refractivity contribution in [3.8, 4) is 0 Å². The van der Waals surface area contributed by atoms with E-state index in [1.165, 1.54) is 26.4 Å². The van der Waals surface area contributed by atoms with Crippen LogP contribution in [0.25, 0.3) is 0 Å². The monoisotopic (exact) mass is 342 g/mol. The maximum Gasteiger partial charge on any atom is 0.0730 e. The molecule has 0 fully saturated rings. The molecule has 1 atom stereocenters. The molecule has 1 unspecified atom stereocenters. The van der Waals surface area contributed by atoms with Gasteiger partial charge < -0.3 is 0 Å². The van der Waals surface area contributed by atoms with E-state index in [-0.39, 0.29) is 5.38 Å². The molecule has 2 rings (SSSR count). The number of alkyl halides is 1. The summed E-state index contributed by atoms with van der Waals surface area (Å²) in [6.07, 6.45) is 0.876. The first-order chi connectivity index (χ1) is 8.47. The molecular weight excluding hydrogens is 328 g/mol. The van der Waals surface area contributed by atoms with E-state index >= 15 is 0 Å². The molecule has 96 valence electrons. The Morgan fingerprint density at radius 3 is 2.44 bits per heavy atom. The number of benzene rings is 1. The van der Waals surface area contributed by atoms with Crippen molar-refractivity contribution in [3.63, 3.8) is 0 Å². The summed E-state index contributed by atoms with van der Waals surface area (Å²) >= 11 is 11.9. The molecule has 0 aliphatic rings. The van der Waals surface area contributed by atoms with Crippen molar-refractivity contribution in [1.82, 2.24) is 0 Å². The van der Waals surface area contributed by atoms with Crippen molar-refractivity contribution >= 4 is 38.9 Å². The third-order valence-corrected chi connectivity index (χ3v) is 5.69. The van der Waals surface area contributed by atoms with E-state index < -0.39 is 0 Å². The SMILES string of the molecule is Cc1cc(Br)c(C(Cl)Cc2ccc(C)c(C)c2)s1. The minimum absolute atomic E-state index is 0.0418. The zero-order valence-electron chi connectivity index (χ0n) is 10.8. The Labute approximate surface area is 126 Å². The zero-order chi connectivity index (χ0) is 13.3. The minimum atomic E-state index is 0.0418. The highest BCUT2D eigenvalue weighted by molar-refractivity contribution is 9.10. The normalized spacial score (nSPS) is 12.7. The van der Waals surface area contributed by atoms with Crippen LogP contribution in [-0.4, -0.2) is 0 Å². The topological polar surface area (TPSA) is 0 Å². The fraction of sp³-hybridized carbons (Fsp3) is 0.333. The molecule has 18 heavy (non-hydrogen) atoms. The lowest BCUT2D eigenvalue weighted by Crippen LogP contribution is -1.95. The lowest BCUT2D eigenvalue weighted by atomic mass is 10.0. The van der Waals surface area contributed by atoms with Gasteiger partial charge in [-0.2, -0.15) is 0 Å². The number of hydrogen-bond acceptors (Lipinski definition) is 1. The molecule has 0 N–H and O–H groups in total. The summed E-state index contributed by atoms with van der Waals surface area (Å²) in [6.45, 7) is 6.39. The molecular formula is C15H16BrClS. The van der Waals surface area contributed by atoms with Crippen LogP contribution in [0.15, 0.2) is 28.7 Å². The van der Waals surface area contributed by atoms with Crippen molar-refractivity contribution in [2.45, 2.75) is 32.6 Å². The van der Waals surface area contributed by atoms with Gasteiger partial charge in [0.1, 0.15) is 0 Å². The second-order valence-electron chi connectivity index (χ2n) is 4.66. The Bertz CT molecular complexity index is 560. The van der Waals surface area contributed by atoms with Crippen LogP contribution in [0.5, 0.6) is 0 Å². The van der Waals surface area contributed by atoms with Crippen LogP contribution in [0.3, 0.4) is 0 Å². The second kappa shape index (κ2) is 5.77. The third kappa shape index (κ3) is 3.17. The highest BCUT2D eigenvalue weighted by atomic mass is 79.9. The fourth-order valence-corrected chi connectivity index (χ4v) is 4.41. The average molecular weight is 344 g/mol. The second-order valence-corrected chi connectivity index (χ2v) is 7.33. The Morgan fingerprint density at radius 2 is 1.89 bits per heavy atom. The first-order valence-corrected chi connectivity index (χ1v) is 7.98. The van der Waals surface area contributed by atoms with Crippen molar-refractivity contribution in [1.29, 1.82) is 0 Å². The van der Waals surface area contributed by atoms with Gasteiger partial charge in [-0.3, -0.25) is 0 Å². The molecule has 0 aliphatic carbocycles.